The lowest BCUT2D eigenvalue weighted by Crippen LogP contribution is -2.12. The second kappa shape index (κ2) is 5.01. The zero-order valence-corrected chi connectivity index (χ0v) is 10.1. The fourth-order valence-electron chi connectivity index (χ4n) is 1.76. The van der Waals surface area contributed by atoms with Crippen molar-refractivity contribution in [2.75, 3.05) is 13.4 Å². The summed E-state index contributed by atoms with van der Waals surface area (Å²) < 4.78 is 17.4. The van der Waals surface area contributed by atoms with Crippen molar-refractivity contribution in [3.05, 3.63) is 36.9 Å². The van der Waals surface area contributed by atoms with Gasteiger partial charge in [0.05, 0.1) is 13.0 Å². The highest BCUT2D eigenvalue weighted by Crippen LogP contribution is 2.35. The van der Waals surface area contributed by atoms with Crippen LogP contribution in [0.5, 0.6) is 17.2 Å². The van der Waals surface area contributed by atoms with E-state index in [1.165, 1.54) is 10.9 Å². The maximum Gasteiger partial charge on any atom is 0.235 e. The van der Waals surface area contributed by atoms with Crippen molar-refractivity contribution in [1.29, 1.82) is 0 Å². The first-order valence-electron chi connectivity index (χ1n) is 5.86. The Balaban J connectivity index is 1.54. The monoisotopic (exact) mass is 260 g/mol. The minimum atomic E-state index is -0.0572. The predicted molar refractivity (Wildman–Crippen MR) is 65.5 cm³/mol. The molecule has 1 aromatic carbocycles. The van der Waals surface area contributed by atoms with Gasteiger partial charge in [0.25, 0.3) is 0 Å². The lowest BCUT2D eigenvalue weighted by molar-refractivity contribution is 0.0881. The van der Waals surface area contributed by atoms with E-state index in [-0.39, 0.29) is 19.1 Å². The van der Waals surface area contributed by atoms with E-state index < -0.39 is 0 Å². The highest BCUT2D eigenvalue weighted by molar-refractivity contribution is 5.78. The fraction of sp³-hybridized carbons (Fsp3) is 0.231. The number of benzene rings is 1. The summed E-state index contributed by atoms with van der Waals surface area (Å²) in [7, 11) is 0. The average Bonchev–Trinajstić information content (AvgIpc) is 3.09. The number of rotatable bonds is 4. The summed E-state index contributed by atoms with van der Waals surface area (Å²) in [4.78, 5) is 15.5. The van der Waals surface area contributed by atoms with Crippen molar-refractivity contribution in [2.45, 2.75) is 6.42 Å². The average molecular weight is 260 g/mol. The Labute approximate surface area is 109 Å². The number of fused-ring (bicyclic) bond motifs is 1. The molecule has 0 radical (unpaired) electrons. The molecule has 0 aliphatic carbocycles. The van der Waals surface area contributed by atoms with Gasteiger partial charge in [-0.1, -0.05) is 0 Å². The Morgan fingerprint density at radius 1 is 1.37 bits per heavy atom. The zero-order chi connectivity index (χ0) is 13.1. The number of hydrogen-bond acceptors (Lipinski definition) is 5. The van der Waals surface area contributed by atoms with Crippen LogP contribution in [-0.4, -0.2) is 28.9 Å². The van der Waals surface area contributed by atoms with Crippen molar-refractivity contribution in [3.8, 4) is 17.2 Å². The summed E-state index contributed by atoms with van der Waals surface area (Å²) in [6.07, 6.45) is 4.94. The maximum atomic E-state index is 11.7. The van der Waals surface area contributed by atoms with Crippen LogP contribution in [0.25, 0.3) is 0 Å². The van der Waals surface area contributed by atoms with Gasteiger partial charge >= 0.3 is 0 Å². The molecule has 1 aromatic heterocycles. The highest BCUT2D eigenvalue weighted by atomic mass is 16.7. The van der Waals surface area contributed by atoms with Crippen LogP contribution in [-0.2, 0) is 0 Å². The Hall–Kier alpha value is -2.50. The van der Waals surface area contributed by atoms with Crippen molar-refractivity contribution < 1.29 is 19.0 Å². The summed E-state index contributed by atoms with van der Waals surface area (Å²) >= 11 is 0. The van der Waals surface area contributed by atoms with Gasteiger partial charge < -0.3 is 14.2 Å². The highest BCUT2D eigenvalue weighted by Gasteiger charge is 2.13. The van der Waals surface area contributed by atoms with Crippen LogP contribution < -0.4 is 14.2 Å². The van der Waals surface area contributed by atoms with Gasteiger partial charge in [0.2, 0.25) is 12.7 Å². The Morgan fingerprint density at radius 2 is 2.26 bits per heavy atom. The number of carbonyl (C=O) groups excluding carboxylic acids is 1. The third-order valence-electron chi connectivity index (χ3n) is 2.72. The SMILES string of the molecule is O=C(CCOc1ccc2c(c1)OCO2)n1ccnc1. The Kier molecular flexibility index (Phi) is 3.06. The van der Waals surface area contributed by atoms with Crippen LogP contribution in [0.4, 0.5) is 0 Å². The molecule has 6 nitrogen and oxygen atoms in total. The summed E-state index contributed by atoms with van der Waals surface area (Å²) in [5.41, 5.74) is 0. The molecule has 0 bridgehead atoms. The van der Waals surface area contributed by atoms with Crippen LogP contribution in [0.1, 0.15) is 11.2 Å². The minimum absolute atomic E-state index is 0.0572. The van der Waals surface area contributed by atoms with E-state index >= 15 is 0 Å². The smallest absolute Gasteiger partial charge is 0.235 e. The molecule has 19 heavy (non-hydrogen) atoms. The van der Waals surface area contributed by atoms with Crippen LogP contribution in [0.2, 0.25) is 0 Å². The van der Waals surface area contributed by atoms with Crippen molar-refractivity contribution in [3.63, 3.8) is 0 Å². The normalized spacial score (nSPS) is 12.4. The van der Waals surface area contributed by atoms with E-state index in [1.54, 1.807) is 30.6 Å². The Bertz CT molecular complexity index is 580. The van der Waals surface area contributed by atoms with Gasteiger partial charge in [0.1, 0.15) is 12.1 Å². The second-order valence-electron chi connectivity index (χ2n) is 3.98. The summed E-state index contributed by atoms with van der Waals surface area (Å²) in [6, 6.07) is 5.33. The molecular weight excluding hydrogens is 248 g/mol. The number of hydrogen-bond donors (Lipinski definition) is 0. The van der Waals surface area contributed by atoms with Crippen LogP contribution >= 0.6 is 0 Å². The topological polar surface area (TPSA) is 62.6 Å². The lowest BCUT2D eigenvalue weighted by Gasteiger charge is -2.06. The zero-order valence-electron chi connectivity index (χ0n) is 10.1. The molecule has 1 aliphatic heterocycles. The molecule has 0 N–H and O–H groups in total. The van der Waals surface area contributed by atoms with Gasteiger partial charge in [-0.2, -0.15) is 0 Å². The molecule has 2 heterocycles. The number of imidazole rings is 1. The summed E-state index contributed by atoms with van der Waals surface area (Å²) in [6.45, 7) is 0.536. The molecule has 0 spiro atoms. The minimum Gasteiger partial charge on any atom is -0.493 e. The number of carbonyl (C=O) groups is 1. The third-order valence-corrected chi connectivity index (χ3v) is 2.72. The molecule has 0 atom stereocenters. The first-order chi connectivity index (χ1) is 9.33. The van der Waals surface area contributed by atoms with Crippen molar-refractivity contribution in [1.82, 2.24) is 9.55 Å². The third kappa shape index (κ3) is 2.52. The van der Waals surface area contributed by atoms with E-state index in [1.807, 2.05) is 0 Å². The molecule has 0 fully saturated rings. The maximum absolute atomic E-state index is 11.7. The van der Waals surface area contributed by atoms with Crippen LogP contribution in [0.3, 0.4) is 0 Å². The second-order valence-corrected chi connectivity index (χ2v) is 3.98. The van der Waals surface area contributed by atoms with Gasteiger partial charge in [-0.3, -0.25) is 9.36 Å². The molecule has 6 heteroatoms. The predicted octanol–water partition coefficient (Wildman–Crippen LogP) is 1.72. The first kappa shape index (κ1) is 11.6. The molecule has 3 rings (SSSR count). The number of ether oxygens (including phenoxy) is 3. The van der Waals surface area contributed by atoms with Crippen LogP contribution in [0.15, 0.2) is 36.9 Å². The molecular formula is C13H12N2O4. The molecule has 0 unspecified atom stereocenters. The van der Waals surface area contributed by atoms with Gasteiger partial charge in [-0.25, -0.2) is 4.98 Å². The lowest BCUT2D eigenvalue weighted by atomic mass is 10.3. The quantitative estimate of drug-likeness (QED) is 0.837. The first-order valence-corrected chi connectivity index (χ1v) is 5.86. The van der Waals surface area contributed by atoms with Crippen molar-refractivity contribution in [2.24, 2.45) is 0 Å². The van der Waals surface area contributed by atoms with Gasteiger partial charge in [0.15, 0.2) is 11.5 Å². The van der Waals surface area contributed by atoms with Crippen molar-refractivity contribution >= 4 is 5.91 Å². The summed E-state index contributed by atoms with van der Waals surface area (Å²) in [5.74, 6) is 1.97. The van der Waals surface area contributed by atoms with Crippen LogP contribution in [0, 0.1) is 0 Å². The fourth-order valence-corrected chi connectivity index (χ4v) is 1.76. The molecule has 0 saturated heterocycles. The van der Waals surface area contributed by atoms with Gasteiger partial charge in [-0.15, -0.1) is 0 Å². The van der Waals surface area contributed by atoms with E-state index in [9.17, 15) is 4.79 Å². The van der Waals surface area contributed by atoms with Gasteiger partial charge in [0, 0.05) is 18.5 Å². The van der Waals surface area contributed by atoms with Gasteiger partial charge in [-0.05, 0) is 12.1 Å². The number of nitrogens with zero attached hydrogens (tertiary/aromatic N) is 2. The molecule has 2 aromatic rings. The number of aromatic nitrogens is 2. The molecule has 98 valence electrons. The van der Waals surface area contributed by atoms with E-state index in [0.717, 1.165) is 0 Å². The summed E-state index contributed by atoms with van der Waals surface area (Å²) in [5, 5.41) is 0. The molecule has 0 saturated carbocycles. The molecule has 0 amide bonds. The largest absolute Gasteiger partial charge is 0.493 e. The molecule has 1 aliphatic rings. The van der Waals surface area contributed by atoms with E-state index in [2.05, 4.69) is 4.98 Å². The van der Waals surface area contributed by atoms with E-state index in [4.69, 9.17) is 14.2 Å². The Morgan fingerprint density at radius 3 is 3.11 bits per heavy atom. The standard InChI is InChI=1S/C13H12N2O4/c16-13(15-5-4-14-8-15)3-6-17-10-1-2-11-12(7-10)19-9-18-11/h1-2,4-5,7-8H,3,6,9H2. The van der Waals surface area contributed by atoms with E-state index in [0.29, 0.717) is 23.9 Å².